The van der Waals surface area contributed by atoms with Gasteiger partial charge in [-0.1, -0.05) is 12.5 Å². The fraction of sp³-hybridized carbons (Fsp3) is 0.429. The van der Waals surface area contributed by atoms with E-state index in [1.807, 2.05) is 30.3 Å². The van der Waals surface area contributed by atoms with Crippen LogP contribution < -0.4 is 0 Å². The molecule has 0 aromatic carbocycles. The first-order valence-electron chi connectivity index (χ1n) is 6.06. The summed E-state index contributed by atoms with van der Waals surface area (Å²) in [5, 5.41) is 7.30. The van der Waals surface area contributed by atoms with Gasteiger partial charge in [-0.05, 0) is 54.0 Å². The van der Waals surface area contributed by atoms with E-state index < -0.39 is 0 Å². The van der Waals surface area contributed by atoms with Crippen LogP contribution in [-0.4, -0.2) is 23.9 Å². The Balaban J connectivity index is 2.33. The van der Waals surface area contributed by atoms with Gasteiger partial charge < -0.3 is 10.3 Å². The number of rotatable bonds is 3. The van der Waals surface area contributed by atoms with Crippen LogP contribution in [0.2, 0.25) is 0 Å². The lowest BCUT2D eigenvalue weighted by molar-refractivity contribution is -0.128. The lowest BCUT2D eigenvalue weighted by Gasteiger charge is -2.42. The predicted molar refractivity (Wildman–Crippen MR) is 81.8 cm³/mol. The molecule has 0 saturated heterocycles. The zero-order valence-electron chi connectivity index (χ0n) is 10.7. The first-order chi connectivity index (χ1) is 8.51. The molecule has 1 saturated carbocycles. The van der Waals surface area contributed by atoms with Gasteiger partial charge in [0.2, 0.25) is 0 Å². The Morgan fingerprint density at radius 3 is 2.56 bits per heavy atom. The lowest BCUT2D eigenvalue weighted by Crippen LogP contribution is -2.39. The third kappa shape index (κ3) is 2.06. The molecule has 0 radical (unpaired) electrons. The van der Waals surface area contributed by atoms with Crippen LogP contribution in [-0.2, 0) is 4.79 Å². The van der Waals surface area contributed by atoms with E-state index in [1.54, 1.807) is 6.92 Å². The van der Waals surface area contributed by atoms with Crippen LogP contribution in [0.3, 0.4) is 0 Å². The summed E-state index contributed by atoms with van der Waals surface area (Å²) in [6.45, 7) is 1.69. The van der Waals surface area contributed by atoms with Crippen LogP contribution in [0.1, 0.15) is 26.2 Å². The number of likely N-dealkylation sites (N-methyl/N-ethyl adjacent to an activating group) is 1. The predicted octanol–water partition coefficient (Wildman–Crippen LogP) is 3.43. The topological polar surface area (TPSA) is 44.2 Å². The molecule has 1 heterocycles. The fourth-order valence-corrected chi connectivity index (χ4v) is 3.15. The van der Waals surface area contributed by atoms with E-state index in [9.17, 15) is 4.79 Å². The van der Waals surface area contributed by atoms with Crippen LogP contribution in [0.25, 0.3) is 0 Å². The smallest absolute Gasteiger partial charge is 0.140 e. The number of ketones is 1. The maximum absolute atomic E-state index is 11.9. The molecule has 1 aliphatic carbocycles. The zero-order chi connectivity index (χ0) is 13.3. The quantitative estimate of drug-likeness (QED) is 0.622. The Morgan fingerprint density at radius 1 is 1.50 bits per heavy atom. The highest BCUT2D eigenvalue weighted by Crippen LogP contribution is 2.49. The largest absolute Gasteiger partial charge is 0.350 e. The highest BCUT2D eigenvalue weighted by molar-refractivity contribution is 14.1. The molecule has 0 unspecified atom stereocenters. The molecule has 0 spiro atoms. The van der Waals surface area contributed by atoms with E-state index in [4.69, 9.17) is 5.41 Å². The summed E-state index contributed by atoms with van der Waals surface area (Å²) < 4.78 is 0.895. The Morgan fingerprint density at radius 2 is 2.17 bits per heavy atom. The molecule has 1 fully saturated rings. The van der Waals surface area contributed by atoms with Crippen LogP contribution in [0.4, 0.5) is 0 Å². The molecule has 0 bridgehead atoms. The number of Topliss-reactive ketones (excluding diaryl/α,β-unsaturated/α-hetero) is 1. The molecule has 18 heavy (non-hydrogen) atoms. The molecule has 2 aliphatic rings. The van der Waals surface area contributed by atoms with Crippen LogP contribution >= 0.6 is 22.6 Å². The van der Waals surface area contributed by atoms with Gasteiger partial charge in [-0.3, -0.25) is 4.79 Å². The number of nitrogens with zero attached hydrogens (tertiary/aromatic N) is 1. The summed E-state index contributed by atoms with van der Waals surface area (Å²) in [6.07, 6.45) is 10.5. The van der Waals surface area contributed by atoms with Gasteiger partial charge in [0, 0.05) is 19.5 Å². The summed E-state index contributed by atoms with van der Waals surface area (Å²) >= 11 is 2.15. The van der Waals surface area contributed by atoms with Crippen molar-refractivity contribution < 1.29 is 4.79 Å². The molecule has 4 heteroatoms. The van der Waals surface area contributed by atoms with Crippen molar-refractivity contribution in [1.29, 1.82) is 5.41 Å². The summed E-state index contributed by atoms with van der Waals surface area (Å²) in [4.78, 5) is 13.9. The summed E-state index contributed by atoms with van der Waals surface area (Å²) in [7, 11) is 1.97. The first kappa shape index (κ1) is 13.5. The number of carbonyl (C=O) groups excluding carboxylic acids is 1. The van der Waals surface area contributed by atoms with E-state index >= 15 is 0 Å². The SMILES string of the molecule is CC(=O)C1(C2=CN(C)/C(=C(/I)C=N)C=C2)CCC1. The molecule has 1 aliphatic heterocycles. The van der Waals surface area contributed by atoms with Gasteiger partial charge in [0.05, 0.1) is 14.7 Å². The van der Waals surface area contributed by atoms with E-state index in [2.05, 4.69) is 22.6 Å². The van der Waals surface area contributed by atoms with E-state index in [1.165, 1.54) is 6.21 Å². The molecule has 0 aromatic rings. The van der Waals surface area contributed by atoms with Crippen molar-refractivity contribution in [2.75, 3.05) is 7.05 Å². The maximum Gasteiger partial charge on any atom is 0.140 e. The number of allylic oxidation sites excluding steroid dienone is 4. The average Bonchev–Trinajstić information content (AvgIpc) is 2.26. The van der Waals surface area contributed by atoms with Crippen LogP contribution in [0, 0.1) is 10.8 Å². The minimum absolute atomic E-state index is 0.244. The Hall–Kier alpha value is -0.910. The second kappa shape index (κ2) is 4.99. The summed E-state index contributed by atoms with van der Waals surface area (Å²) in [5.41, 5.74) is 1.88. The van der Waals surface area contributed by atoms with Gasteiger partial charge >= 0.3 is 0 Å². The average molecular weight is 356 g/mol. The van der Waals surface area contributed by atoms with Crippen molar-refractivity contribution in [2.24, 2.45) is 5.41 Å². The van der Waals surface area contributed by atoms with E-state index in [0.29, 0.717) is 0 Å². The van der Waals surface area contributed by atoms with Gasteiger partial charge in [0.15, 0.2) is 0 Å². The molecule has 0 amide bonds. The first-order valence-corrected chi connectivity index (χ1v) is 7.13. The molecular weight excluding hydrogens is 339 g/mol. The number of nitrogens with one attached hydrogen (secondary N) is 1. The van der Waals surface area contributed by atoms with Gasteiger partial charge in [-0.15, -0.1) is 0 Å². The van der Waals surface area contributed by atoms with Crippen molar-refractivity contribution in [1.82, 2.24) is 4.90 Å². The van der Waals surface area contributed by atoms with Crippen molar-refractivity contribution in [2.45, 2.75) is 26.2 Å². The number of halogens is 1. The minimum Gasteiger partial charge on any atom is -0.350 e. The lowest BCUT2D eigenvalue weighted by atomic mass is 9.61. The summed E-state index contributed by atoms with van der Waals surface area (Å²) in [6, 6.07) is 0. The highest BCUT2D eigenvalue weighted by Gasteiger charge is 2.44. The van der Waals surface area contributed by atoms with Gasteiger partial charge in [-0.25, -0.2) is 0 Å². The van der Waals surface area contributed by atoms with Crippen LogP contribution in [0.15, 0.2) is 33.2 Å². The molecule has 0 aromatic heterocycles. The van der Waals surface area contributed by atoms with Gasteiger partial charge in [0.25, 0.3) is 0 Å². The monoisotopic (exact) mass is 356 g/mol. The Bertz CT molecular complexity index is 484. The minimum atomic E-state index is -0.244. The maximum atomic E-state index is 11.9. The zero-order valence-corrected chi connectivity index (χ0v) is 12.8. The van der Waals surface area contributed by atoms with Gasteiger partial charge in [-0.2, -0.15) is 0 Å². The third-order valence-corrected chi connectivity index (χ3v) is 4.80. The third-order valence-electron chi connectivity index (χ3n) is 3.94. The second-order valence-electron chi connectivity index (χ2n) is 4.90. The van der Waals surface area contributed by atoms with Gasteiger partial charge in [0.1, 0.15) is 5.78 Å². The van der Waals surface area contributed by atoms with E-state index in [-0.39, 0.29) is 11.2 Å². The second-order valence-corrected chi connectivity index (χ2v) is 6.06. The number of hydrogen-bond acceptors (Lipinski definition) is 3. The van der Waals surface area contributed by atoms with Crippen molar-refractivity contribution in [3.63, 3.8) is 0 Å². The van der Waals surface area contributed by atoms with Crippen molar-refractivity contribution >= 4 is 34.6 Å². The molecule has 96 valence electrons. The van der Waals surface area contributed by atoms with Crippen molar-refractivity contribution in [3.05, 3.63) is 33.2 Å². The summed E-state index contributed by atoms with van der Waals surface area (Å²) in [5.74, 6) is 0.271. The fourth-order valence-electron chi connectivity index (χ4n) is 2.59. The molecule has 3 nitrogen and oxygen atoms in total. The number of hydrogen-bond donors (Lipinski definition) is 1. The molecule has 0 atom stereocenters. The molecule has 1 N–H and O–H groups in total. The van der Waals surface area contributed by atoms with Crippen LogP contribution in [0.5, 0.6) is 0 Å². The number of carbonyl (C=O) groups is 1. The molecular formula is C14H17IN2O. The van der Waals surface area contributed by atoms with Crippen molar-refractivity contribution in [3.8, 4) is 0 Å². The van der Waals surface area contributed by atoms with E-state index in [0.717, 1.165) is 34.1 Å². The standard InChI is InChI=1S/C14H17IN2O/c1-10(18)14(6-3-7-14)11-4-5-13(12(15)8-16)17(2)9-11/h4-5,8-9,16H,3,6-7H2,1-2H3/b13-12+,16-8?. The Labute approximate surface area is 121 Å². The Kier molecular flexibility index (Phi) is 3.75. The molecule has 2 rings (SSSR count). The highest BCUT2D eigenvalue weighted by atomic mass is 127. The normalized spacial score (nSPS) is 24.2.